The van der Waals surface area contributed by atoms with E-state index in [1.165, 1.54) is 11.6 Å². The van der Waals surface area contributed by atoms with Gasteiger partial charge in [-0.25, -0.2) is 0 Å². The SMILES string of the molecule is CCCOc1ccc(/C=C/C(=O)Nc2cccc(CN3CCN(C)CC3)c2)cc1OC. The molecule has 3 rings (SSSR count). The van der Waals surface area contributed by atoms with Crippen molar-refractivity contribution in [3.8, 4) is 11.5 Å². The molecule has 0 saturated carbocycles. The third kappa shape index (κ3) is 7.12. The monoisotopic (exact) mass is 423 g/mol. The van der Waals surface area contributed by atoms with Crippen LogP contribution in [0.1, 0.15) is 24.5 Å². The second-order valence-electron chi connectivity index (χ2n) is 7.86. The summed E-state index contributed by atoms with van der Waals surface area (Å²) in [7, 11) is 3.77. The number of rotatable bonds is 9. The Kier molecular flexibility index (Phi) is 8.50. The van der Waals surface area contributed by atoms with Crippen LogP contribution in [0.2, 0.25) is 0 Å². The van der Waals surface area contributed by atoms with Crippen molar-refractivity contribution >= 4 is 17.7 Å². The summed E-state index contributed by atoms with van der Waals surface area (Å²) < 4.78 is 11.1. The zero-order valence-corrected chi connectivity index (χ0v) is 18.8. The maximum Gasteiger partial charge on any atom is 0.248 e. The Hall–Kier alpha value is -2.83. The number of carbonyl (C=O) groups is 1. The Morgan fingerprint density at radius 3 is 2.65 bits per heavy atom. The van der Waals surface area contributed by atoms with Gasteiger partial charge in [0.25, 0.3) is 0 Å². The van der Waals surface area contributed by atoms with Crippen molar-refractivity contribution in [2.45, 2.75) is 19.9 Å². The molecule has 1 fully saturated rings. The second kappa shape index (κ2) is 11.5. The molecule has 1 saturated heterocycles. The summed E-state index contributed by atoms with van der Waals surface area (Å²) in [6.07, 6.45) is 4.24. The van der Waals surface area contributed by atoms with Crippen molar-refractivity contribution in [1.29, 1.82) is 0 Å². The maximum absolute atomic E-state index is 12.4. The zero-order chi connectivity index (χ0) is 22.1. The van der Waals surface area contributed by atoms with Crippen LogP contribution in [0.4, 0.5) is 5.69 Å². The average molecular weight is 424 g/mol. The smallest absolute Gasteiger partial charge is 0.248 e. The van der Waals surface area contributed by atoms with E-state index in [1.807, 2.05) is 36.4 Å². The first-order valence-corrected chi connectivity index (χ1v) is 10.9. The summed E-state index contributed by atoms with van der Waals surface area (Å²) in [5.41, 5.74) is 2.89. The molecule has 0 bridgehead atoms. The fourth-order valence-electron chi connectivity index (χ4n) is 3.49. The molecule has 1 aliphatic heterocycles. The van der Waals surface area contributed by atoms with E-state index in [9.17, 15) is 4.79 Å². The highest BCUT2D eigenvalue weighted by atomic mass is 16.5. The number of hydrogen-bond donors (Lipinski definition) is 1. The highest BCUT2D eigenvalue weighted by molar-refractivity contribution is 6.02. The molecular weight excluding hydrogens is 390 g/mol. The molecule has 1 aliphatic rings. The van der Waals surface area contributed by atoms with Gasteiger partial charge in [0, 0.05) is 44.5 Å². The minimum atomic E-state index is -0.165. The van der Waals surface area contributed by atoms with E-state index in [0.29, 0.717) is 18.1 Å². The van der Waals surface area contributed by atoms with Gasteiger partial charge in [-0.1, -0.05) is 25.1 Å². The zero-order valence-electron chi connectivity index (χ0n) is 18.8. The van der Waals surface area contributed by atoms with Crippen LogP contribution in [0.15, 0.2) is 48.5 Å². The number of carbonyl (C=O) groups excluding carboxylic acids is 1. The van der Waals surface area contributed by atoms with E-state index in [1.54, 1.807) is 13.2 Å². The number of ether oxygens (including phenoxy) is 2. The molecule has 2 aromatic rings. The normalized spacial score (nSPS) is 15.2. The third-order valence-electron chi connectivity index (χ3n) is 5.27. The van der Waals surface area contributed by atoms with Gasteiger partial charge in [0.05, 0.1) is 13.7 Å². The lowest BCUT2D eigenvalue weighted by molar-refractivity contribution is -0.111. The quantitative estimate of drug-likeness (QED) is 0.621. The van der Waals surface area contributed by atoms with Crippen LogP contribution >= 0.6 is 0 Å². The summed E-state index contributed by atoms with van der Waals surface area (Å²) >= 11 is 0. The predicted octanol–water partition coefficient (Wildman–Crippen LogP) is 3.88. The van der Waals surface area contributed by atoms with Crippen molar-refractivity contribution < 1.29 is 14.3 Å². The van der Waals surface area contributed by atoms with Crippen LogP contribution in [0.25, 0.3) is 6.08 Å². The van der Waals surface area contributed by atoms with Gasteiger partial charge in [-0.15, -0.1) is 0 Å². The van der Waals surface area contributed by atoms with Crippen LogP contribution in [0, 0.1) is 0 Å². The highest BCUT2D eigenvalue weighted by Crippen LogP contribution is 2.28. The molecule has 1 heterocycles. The standard InChI is InChI=1S/C25H33N3O3/c1-4-16-31-23-10-8-20(18-24(23)30-3)9-11-25(29)26-22-7-5-6-21(17-22)19-28-14-12-27(2)13-15-28/h5-11,17-18H,4,12-16,19H2,1-3H3,(H,26,29)/b11-9+. The van der Waals surface area contributed by atoms with Crippen molar-refractivity contribution in [3.05, 3.63) is 59.7 Å². The van der Waals surface area contributed by atoms with E-state index in [-0.39, 0.29) is 5.91 Å². The largest absolute Gasteiger partial charge is 0.493 e. The van der Waals surface area contributed by atoms with Crippen molar-refractivity contribution in [3.63, 3.8) is 0 Å². The number of hydrogen-bond acceptors (Lipinski definition) is 5. The first kappa shape index (κ1) is 22.8. The van der Waals surface area contributed by atoms with E-state index >= 15 is 0 Å². The lowest BCUT2D eigenvalue weighted by Crippen LogP contribution is -2.43. The van der Waals surface area contributed by atoms with Crippen LogP contribution < -0.4 is 14.8 Å². The summed E-state index contributed by atoms with van der Waals surface area (Å²) in [6, 6.07) is 13.7. The molecule has 0 unspecified atom stereocenters. The van der Waals surface area contributed by atoms with Gasteiger partial charge in [0.15, 0.2) is 11.5 Å². The molecule has 0 atom stereocenters. The molecule has 1 amide bonds. The molecule has 6 heteroatoms. The van der Waals surface area contributed by atoms with Crippen LogP contribution in [-0.2, 0) is 11.3 Å². The number of amides is 1. The number of piperazine rings is 1. The molecular formula is C25H33N3O3. The van der Waals surface area contributed by atoms with E-state index in [4.69, 9.17) is 9.47 Å². The first-order chi connectivity index (χ1) is 15.1. The topological polar surface area (TPSA) is 54.0 Å². The molecule has 31 heavy (non-hydrogen) atoms. The maximum atomic E-state index is 12.4. The first-order valence-electron chi connectivity index (χ1n) is 10.9. The van der Waals surface area contributed by atoms with E-state index in [0.717, 1.165) is 50.4 Å². The van der Waals surface area contributed by atoms with Gasteiger partial charge in [-0.2, -0.15) is 0 Å². The lowest BCUT2D eigenvalue weighted by atomic mass is 10.1. The third-order valence-corrected chi connectivity index (χ3v) is 5.27. The Morgan fingerprint density at radius 2 is 1.90 bits per heavy atom. The Balaban J connectivity index is 1.57. The van der Waals surface area contributed by atoms with E-state index < -0.39 is 0 Å². The molecule has 2 aromatic carbocycles. The van der Waals surface area contributed by atoms with E-state index in [2.05, 4.69) is 35.2 Å². The Bertz CT molecular complexity index is 889. The van der Waals surface area contributed by atoms with Crippen LogP contribution in [0.3, 0.4) is 0 Å². The van der Waals surface area contributed by atoms with Crippen molar-refractivity contribution in [2.24, 2.45) is 0 Å². The molecule has 6 nitrogen and oxygen atoms in total. The Labute approximate surface area is 185 Å². The van der Waals surface area contributed by atoms with Crippen molar-refractivity contribution in [2.75, 3.05) is 52.3 Å². The fraction of sp³-hybridized carbons (Fsp3) is 0.400. The Morgan fingerprint density at radius 1 is 1.10 bits per heavy atom. The number of anilines is 1. The number of likely N-dealkylation sites (N-methyl/N-ethyl adjacent to an activating group) is 1. The molecule has 166 valence electrons. The minimum Gasteiger partial charge on any atom is -0.493 e. The van der Waals surface area contributed by atoms with Gasteiger partial charge in [-0.3, -0.25) is 9.69 Å². The summed E-state index contributed by atoms with van der Waals surface area (Å²) in [5, 5.41) is 2.96. The van der Waals surface area contributed by atoms with Gasteiger partial charge in [-0.05, 0) is 54.9 Å². The van der Waals surface area contributed by atoms with Gasteiger partial charge in [0.1, 0.15) is 0 Å². The number of benzene rings is 2. The highest BCUT2D eigenvalue weighted by Gasteiger charge is 2.14. The van der Waals surface area contributed by atoms with Crippen LogP contribution in [-0.4, -0.2) is 62.7 Å². The minimum absolute atomic E-state index is 0.165. The number of nitrogens with zero attached hydrogens (tertiary/aromatic N) is 2. The second-order valence-corrected chi connectivity index (χ2v) is 7.86. The summed E-state index contributed by atoms with van der Waals surface area (Å²) in [4.78, 5) is 17.2. The van der Waals surface area contributed by atoms with Gasteiger partial charge in [0.2, 0.25) is 5.91 Å². The molecule has 1 N–H and O–H groups in total. The summed E-state index contributed by atoms with van der Waals surface area (Å²) in [6.45, 7) is 7.93. The molecule has 0 aliphatic carbocycles. The van der Waals surface area contributed by atoms with Crippen LogP contribution in [0.5, 0.6) is 11.5 Å². The average Bonchev–Trinajstić information content (AvgIpc) is 2.78. The van der Waals surface area contributed by atoms with Gasteiger partial charge < -0.3 is 19.7 Å². The molecule has 0 spiro atoms. The fourth-order valence-corrected chi connectivity index (χ4v) is 3.49. The number of methoxy groups -OCH3 is 1. The van der Waals surface area contributed by atoms with Crippen molar-refractivity contribution in [1.82, 2.24) is 9.80 Å². The molecule has 0 radical (unpaired) electrons. The van der Waals surface area contributed by atoms with Gasteiger partial charge >= 0.3 is 0 Å². The predicted molar refractivity (Wildman–Crippen MR) is 126 cm³/mol. The lowest BCUT2D eigenvalue weighted by Gasteiger charge is -2.32. The molecule has 0 aromatic heterocycles. The number of nitrogens with one attached hydrogen (secondary N) is 1. The summed E-state index contributed by atoms with van der Waals surface area (Å²) in [5.74, 6) is 1.21.